The molecule has 0 atom stereocenters. The maximum absolute atomic E-state index is 12.6. The zero-order chi connectivity index (χ0) is 20.1. The standard InChI is InChI=1S/C24H26N4O/c1-19-6-5-9-22(16-19)27-12-14-28(15-13-27)23-17-21(10-11-25-23)24(29)26-18-20-7-3-2-4-8-20/h2-11,16-17H,12-15,18H2,1H3,(H,26,29). The average molecular weight is 386 g/mol. The smallest absolute Gasteiger partial charge is 0.251 e. The van der Waals surface area contributed by atoms with Crippen molar-refractivity contribution in [3.8, 4) is 0 Å². The third kappa shape index (κ3) is 4.74. The molecule has 1 aromatic heterocycles. The Kier molecular flexibility index (Phi) is 5.75. The van der Waals surface area contributed by atoms with Crippen molar-refractivity contribution < 1.29 is 4.79 Å². The van der Waals surface area contributed by atoms with E-state index in [1.807, 2.05) is 36.4 Å². The number of anilines is 2. The van der Waals surface area contributed by atoms with Gasteiger partial charge in [0, 0.05) is 50.2 Å². The molecule has 3 aromatic rings. The molecule has 0 spiro atoms. The van der Waals surface area contributed by atoms with Gasteiger partial charge in [-0.25, -0.2) is 4.98 Å². The molecule has 1 aliphatic heterocycles. The number of pyridine rings is 1. The number of aryl methyl sites for hydroxylation is 1. The van der Waals surface area contributed by atoms with Crippen molar-refractivity contribution in [2.75, 3.05) is 36.0 Å². The number of nitrogens with one attached hydrogen (secondary N) is 1. The van der Waals surface area contributed by atoms with Crippen molar-refractivity contribution in [1.29, 1.82) is 0 Å². The van der Waals surface area contributed by atoms with Crippen LogP contribution in [0.4, 0.5) is 11.5 Å². The molecule has 29 heavy (non-hydrogen) atoms. The number of nitrogens with zero attached hydrogens (tertiary/aromatic N) is 3. The van der Waals surface area contributed by atoms with Crippen LogP contribution in [-0.2, 0) is 6.54 Å². The summed E-state index contributed by atoms with van der Waals surface area (Å²) in [6.07, 6.45) is 1.72. The van der Waals surface area contributed by atoms with E-state index in [9.17, 15) is 4.79 Å². The van der Waals surface area contributed by atoms with Gasteiger partial charge >= 0.3 is 0 Å². The second-order valence-electron chi connectivity index (χ2n) is 7.38. The first-order valence-corrected chi connectivity index (χ1v) is 10.0. The minimum absolute atomic E-state index is 0.0732. The van der Waals surface area contributed by atoms with E-state index in [1.165, 1.54) is 11.3 Å². The number of amides is 1. The lowest BCUT2D eigenvalue weighted by molar-refractivity contribution is 0.0951. The van der Waals surface area contributed by atoms with Crippen LogP contribution in [0.2, 0.25) is 0 Å². The van der Waals surface area contributed by atoms with Crippen LogP contribution in [0, 0.1) is 6.92 Å². The van der Waals surface area contributed by atoms with Crippen molar-refractivity contribution >= 4 is 17.4 Å². The molecule has 0 saturated carbocycles. The van der Waals surface area contributed by atoms with E-state index in [2.05, 4.69) is 51.3 Å². The van der Waals surface area contributed by atoms with E-state index in [1.54, 1.807) is 12.3 Å². The predicted octanol–water partition coefficient (Wildman–Crippen LogP) is 3.65. The van der Waals surface area contributed by atoms with Gasteiger partial charge in [0.2, 0.25) is 0 Å². The van der Waals surface area contributed by atoms with Crippen molar-refractivity contribution in [3.63, 3.8) is 0 Å². The lowest BCUT2D eigenvalue weighted by Gasteiger charge is -2.37. The summed E-state index contributed by atoms with van der Waals surface area (Å²) in [5.41, 5.74) is 4.28. The number of rotatable bonds is 5. The van der Waals surface area contributed by atoms with E-state index >= 15 is 0 Å². The lowest BCUT2D eigenvalue weighted by atomic mass is 10.2. The molecule has 0 aliphatic carbocycles. The van der Waals surface area contributed by atoms with Crippen LogP contribution in [0.25, 0.3) is 0 Å². The molecule has 1 N–H and O–H groups in total. The van der Waals surface area contributed by atoms with Crippen LogP contribution in [0.3, 0.4) is 0 Å². The predicted molar refractivity (Wildman–Crippen MR) is 117 cm³/mol. The Labute approximate surface area is 172 Å². The van der Waals surface area contributed by atoms with E-state index in [0.29, 0.717) is 12.1 Å². The van der Waals surface area contributed by atoms with Gasteiger partial charge in [0.1, 0.15) is 5.82 Å². The minimum atomic E-state index is -0.0732. The second kappa shape index (κ2) is 8.78. The van der Waals surface area contributed by atoms with Gasteiger partial charge in [-0.3, -0.25) is 4.79 Å². The van der Waals surface area contributed by atoms with Crippen LogP contribution >= 0.6 is 0 Å². The average Bonchev–Trinajstić information content (AvgIpc) is 2.78. The van der Waals surface area contributed by atoms with Gasteiger partial charge in [-0.1, -0.05) is 42.5 Å². The molecule has 1 amide bonds. The molecule has 0 bridgehead atoms. The Bertz CT molecular complexity index is 965. The van der Waals surface area contributed by atoms with Gasteiger partial charge in [-0.05, 0) is 42.3 Å². The highest BCUT2D eigenvalue weighted by Gasteiger charge is 2.19. The Morgan fingerprint density at radius 3 is 2.45 bits per heavy atom. The summed E-state index contributed by atoms with van der Waals surface area (Å²) in [6, 6.07) is 22.2. The van der Waals surface area contributed by atoms with E-state index in [0.717, 1.165) is 37.6 Å². The van der Waals surface area contributed by atoms with Gasteiger partial charge < -0.3 is 15.1 Å². The first-order valence-electron chi connectivity index (χ1n) is 10.0. The molecule has 1 saturated heterocycles. The van der Waals surface area contributed by atoms with Crippen LogP contribution in [-0.4, -0.2) is 37.1 Å². The zero-order valence-corrected chi connectivity index (χ0v) is 16.7. The summed E-state index contributed by atoms with van der Waals surface area (Å²) in [5.74, 6) is 0.789. The maximum atomic E-state index is 12.6. The number of benzene rings is 2. The molecule has 2 heterocycles. The van der Waals surface area contributed by atoms with Crippen LogP contribution in [0.1, 0.15) is 21.5 Å². The monoisotopic (exact) mass is 386 g/mol. The Morgan fingerprint density at radius 2 is 1.69 bits per heavy atom. The molecular formula is C24H26N4O. The molecular weight excluding hydrogens is 360 g/mol. The van der Waals surface area contributed by atoms with E-state index in [-0.39, 0.29) is 5.91 Å². The number of carbonyl (C=O) groups excluding carboxylic acids is 1. The van der Waals surface area contributed by atoms with E-state index in [4.69, 9.17) is 0 Å². The number of carbonyl (C=O) groups is 1. The molecule has 5 nitrogen and oxygen atoms in total. The molecule has 4 rings (SSSR count). The molecule has 0 radical (unpaired) electrons. The van der Waals surface area contributed by atoms with Crippen molar-refractivity contribution in [2.24, 2.45) is 0 Å². The lowest BCUT2D eigenvalue weighted by Crippen LogP contribution is -2.46. The quantitative estimate of drug-likeness (QED) is 0.727. The first kappa shape index (κ1) is 19.0. The summed E-state index contributed by atoms with van der Waals surface area (Å²) < 4.78 is 0. The van der Waals surface area contributed by atoms with Crippen LogP contribution < -0.4 is 15.1 Å². The summed E-state index contributed by atoms with van der Waals surface area (Å²) >= 11 is 0. The highest BCUT2D eigenvalue weighted by atomic mass is 16.1. The molecule has 5 heteroatoms. The number of hydrogen-bond acceptors (Lipinski definition) is 4. The number of aromatic nitrogens is 1. The summed E-state index contributed by atoms with van der Waals surface area (Å²) in [6.45, 7) is 6.29. The van der Waals surface area contributed by atoms with E-state index < -0.39 is 0 Å². The fraction of sp³-hybridized carbons (Fsp3) is 0.250. The highest BCUT2D eigenvalue weighted by Crippen LogP contribution is 2.20. The van der Waals surface area contributed by atoms with Crippen LogP contribution in [0.5, 0.6) is 0 Å². The molecule has 0 unspecified atom stereocenters. The second-order valence-corrected chi connectivity index (χ2v) is 7.38. The topological polar surface area (TPSA) is 48.5 Å². The largest absolute Gasteiger partial charge is 0.368 e. The first-order chi connectivity index (χ1) is 14.2. The van der Waals surface area contributed by atoms with Gasteiger partial charge in [0.25, 0.3) is 5.91 Å². The van der Waals surface area contributed by atoms with Crippen molar-refractivity contribution in [1.82, 2.24) is 10.3 Å². The van der Waals surface area contributed by atoms with Gasteiger partial charge in [-0.2, -0.15) is 0 Å². The normalized spacial score (nSPS) is 14.0. The summed E-state index contributed by atoms with van der Waals surface area (Å²) in [4.78, 5) is 21.7. The zero-order valence-electron chi connectivity index (χ0n) is 16.7. The van der Waals surface area contributed by atoms with Gasteiger partial charge in [0.05, 0.1) is 0 Å². The third-order valence-corrected chi connectivity index (χ3v) is 5.27. The molecule has 1 fully saturated rings. The van der Waals surface area contributed by atoms with Gasteiger partial charge in [0.15, 0.2) is 0 Å². The van der Waals surface area contributed by atoms with Crippen molar-refractivity contribution in [3.05, 3.63) is 89.6 Å². The van der Waals surface area contributed by atoms with Crippen molar-refractivity contribution in [2.45, 2.75) is 13.5 Å². The van der Waals surface area contributed by atoms with Crippen LogP contribution in [0.15, 0.2) is 72.9 Å². The Balaban J connectivity index is 1.37. The Morgan fingerprint density at radius 1 is 0.931 bits per heavy atom. The third-order valence-electron chi connectivity index (χ3n) is 5.27. The van der Waals surface area contributed by atoms with Gasteiger partial charge in [-0.15, -0.1) is 0 Å². The number of hydrogen-bond donors (Lipinski definition) is 1. The maximum Gasteiger partial charge on any atom is 0.251 e. The molecule has 1 aliphatic rings. The SMILES string of the molecule is Cc1cccc(N2CCN(c3cc(C(=O)NCc4ccccc4)ccn3)CC2)c1. The minimum Gasteiger partial charge on any atom is -0.368 e. The highest BCUT2D eigenvalue weighted by molar-refractivity contribution is 5.94. The Hall–Kier alpha value is -3.34. The summed E-state index contributed by atoms with van der Waals surface area (Å²) in [5, 5.41) is 2.99. The molecule has 148 valence electrons. The molecule has 2 aromatic carbocycles. The fourth-order valence-electron chi connectivity index (χ4n) is 3.63. The fourth-order valence-corrected chi connectivity index (χ4v) is 3.63. The number of piperazine rings is 1. The summed E-state index contributed by atoms with van der Waals surface area (Å²) in [7, 11) is 0.